The van der Waals surface area contributed by atoms with E-state index in [0.29, 0.717) is 23.4 Å². The van der Waals surface area contributed by atoms with Crippen LogP contribution in [0.4, 0.5) is 11.4 Å². The number of nitrogens with zero attached hydrogens (tertiary/aromatic N) is 1. The van der Waals surface area contributed by atoms with Crippen molar-refractivity contribution < 1.29 is 14.4 Å². The molecular formula is C21H21BrN2O3. The van der Waals surface area contributed by atoms with E-state index in [0.717, 1.165) is 21.2 Å². The average Bonchev–Trinajstić information content (AvgIpc) is 2.80. The van der Waals surface area contributed by atoms with Crippen LogP contribution in [-0.4, -0.2) is 23.6 Å². The highest BCUT2D eigenvalue weighted by Gasteiger charge is 2.42. The van der Waals surface area contributed by atoms with E-state index in [1.807, 2.05) is 52.0 Å². The van der Waals surface area contributed by atoms with Crippen molar-refractivity contribution in [2.45, 2.75) is 40.2 Å². The number of aryl methyl sites for hydroxylation is 3. The molecule has 1 unspecified atom stereocenters. The first-order valence-corrected chi connectivity index (χ1v) is 9.59. The number of ketones is 1. The molecule has 0 aliphatic carbocycles. The first-order chi connectivity index (χ1) is 12.7. The predicted molar refractivity (Wildman–Crippen MR) is 109 cm³/mol. The number of nitrogens with one attached hydrogen (secondary N) is 1. The van der Waals surface area contributed by atoms with Crippen LogP contribution in [0.5, 0.6) is 0 Å². The molecule has 0 spiro atoms. The number of fused-ring (bicyclic) bond motifs is 1. The number of hydrogen-bond acceptors (Lipinski definition) is 3. The summed E-state index contributed by atoms with van der Waals surface area (Å²) in [6.45, 7) is 7.58. The van der Waals surface area contributed by atoms with E-state index in [9.17, 15) is 14.4 Å². The minimum absolute atomic E-state index is 0.307. The first kappa shape index (κ1) is 19.3. The van der Waals surface area contributed by atoms with Crippen molar-refractivity contribution in [3.8, 4) is 0 Å². The molecule has 0 fully saturated rings. The van der Waals surface area contributed by atoms with E-state index in [4.69, 9.17) is 0 Å². The smallest absolute Gasteiger partial charge is 0.300 e. The normalized spacial score (nSPS) is 14.3. The molecule has 2 amide bonds. The van der Waals surface area contributed by atoms with Crippen LogP contribution in [0.15, 0.2) is 34.8 Å². The SMILES string of the molecule is CCC(C(=O)Nc1cc(C)cc(C)c1)N1C(=O)C(=O)c2cc(Br)cc(C)c21. The summed E-state index contributed by atoms with van der Waals surface area (Å²) in [5.74, 6) is -1.54. The third kappa shape index (κ3) is 3.54. The predicted octanol–water partition coefficient (Wildman–Crippen LogP) is 4.32. The zero-order valence-corrected chi connectivity index (χ0v) is 17.3. The maximum Gasteiger partial charge on any atom is 0.300 e. The molecule has 0 saturated carbocycles. The Morgan fingerprint density at radius 2 is 1.70 bits per heavy atom. The molecule has 1 N–H and O–H groups in total. The summed E-state index contributed by atoms with van der Waals surface area (Å²) in [5.41, 5.74) is 4.40. The Labute approximate surface area is 166 Å². The molecule has 3 rings (SSSR count). The van der Waals surface area contributed by atoms with E-state index >= 15 is 0 Å². The lowest BCUT2D eigenvalue weighted by atomic mass is 10.1. The largest absolute Gasteiger partial charge is 0.324 e. The molecule has 0 radical (unpaired) electrons. The minimum Gasteiger partial charge on any atom is -0.324 e. The summed E-state index contributed by atoms with van der Waals surface area (Å²) in [4.78, 5) is 39.4. The molecular weight excluding hydrogens is 408 g/mol. The monoisotopic (exact) mass is 428 g/mol. The summed E-state index contributed by atoms with van der Waals surface area (Å²) in [7, 11) is 0. The Hall–Kier alpha value is -2.47. The quantitative estimate of drug-likeness (QED) is 0.737. The van der Waals surface area contributed by atoms with E-state index in [2.05, 4.69) is 21.2 Å². The van der Waals surface area contributed by atoms with Crippen LogP contribution in [0.25, 0.3) is 0 Å². The lowest BCUT2D eigenvalue weighted by Gasteiger charge is -2.27. The summed E-state index contributed by atoms with van der Waals surface area (Å²) in [6.07, 6.45) is 0.393. The van der Waals surface area contributed by atoms with Crippen LogP contribution in [-0.2, 0) is 9.59 Å². The van der Waals surface area contributed by atoms with Crippen LogP contribution >= 0.6 is 15.9 Å². The van der Waals surface area contributed by atoms with Gasteiger partial charge in [0.15, 0.2) is 0 Å². The first-order valence-electron chi connectivity index (χ1n) is 8.80. The molecule has 1 atom stereocenters. The standard InChI is InChI=1S/C21H21BrN2O3/c1-5-17(20(26)23-15-7-11(2)6-12(3)8-15)24-18-13(4)9-14(22)10-16(18)19(25)21(24)27/h6-10,17H,5H2,1-4H3,(H,23,26). The van der Waals surface area contributed by atoms with Crippen molar-refractivity contribution in [3.05, 3.63) is 57.1 Å². The molecule has 6 heteroatoms. The number of Topliss-reactive ketones (excluding diaryl/α,β-unsaturated/α-hetero) is 1. The highest BCUT2D eigenvalue weighted by molar-refractivity contribution is 9.10. The second-order valence-corrected chi connectivity index (χ2v) is 7.83. The number of carbonyl (C=O) groups excluding carboxylic acids is 3. The van der Waals surface area contributed by atoms with Crippen molar-refractivity contribution in [2.75, 3.05) is 10.2 Å². The van der Waals surface area contributed by atoms with Gasteiger partial charge in [0.25, 0.3) is 11.7 Å². The Balaban J connectivity index is 1.97. The van der Waals surface area contributed by atoms with Gasteiger partial charge in [0, 0.05) is 10.2 Å². The molecule has 0 bridgehead atoms. The van der Waals surface area contributed by atoms with E-state index in [1.54, 1.807) is 6.07 Å². The number of rotatable bonds is 4. The molecule has 5 nitrogen and oxygen atoms in total. The van der Waals surface area contributed by atoms with Crippen molar-refractivity contribution in [3.63, 3.8) is 0 Å². The number of hydrogen-bond donors (Lipinski definition) is 1. The molecule has 1 aliphatic rings. The van der Waals surface area contributed by atoms with E-state index < -0.39 is 17.7 Å². The van der Waals surface area contributed by atoms with Crippen LogP contribution in [0.3, 0.4) is 0 Å². The van der Waals surface area contributed by atoms with Crippen molar-refractivity contribution in [1.82, 2.24) is 0 Å². The fourth-order valence-electron chi connectivity index (χ4n) is 3.61. The summed E-state index contributed by atoms with van der Waals surface area (Å²) >= 11 is 3.36. The van der Waals surface area contributed by atoms with Crippen molar-refractivity contribution in [2.24, 2.45) is 0 Å². The summed E-state index contributed by atoms with van der Waals surface area (Å²) < 4.78 is 0.731. The topological polar surface area (TPSA) is 66.5 Å². The molecule has 0 aromatic heterocycles. The van der Waals surface area contributed by atoms with Gasteiger partial charge in [0.05, 0.1) is 11.3 Å². The molecule has 0 saturated heterocycles. The van der Waals surface area contributed by atoms with Crippen LogP contribution in [0, 0.1) is 20.8 Å². The number of benzene rings is 2. The fraction of sp³-hybridized carbons (Fsp3) is 0.286. The van der Waals surface area contributed by atoms with Gasteiger partial charge in [-0.05, 0) is 68.1 Å². The van der Waals surface area contributed by atoms with Crippen LogP contribution in [0.1, 0.15) is 40.4 Å². The van der Waals surface area contributed by atoms with Crippen molar-refractivity contribution in [1.29, 1.82) is 0 Å². The number of carbonyl (C=O) groups is 3. The Bertz CT molecular complexity index is 948. The zero-order chi connectivity index (χ0) is 19.9. The second-order valence-electron chi connectivity index (χ2n) is 6.91. The Morgan fingerprint density at radius 3 is 2.30 bits per heavy atom. The van der Waals surface area contributed by atoms with Crippen LogP contribution in [0.2, 0.25) is 0 Å². The molecule has 2 aromatic carbocycles. The second kappa shape index (κ2) is 7.27. The maximum absolute atomic E-state index is 13.0. The molecule has 1 aliphatic heterocycles. The Kier molecular flexibility index (Phi) is 5.20. The highest BCUT2D eigenvalue weighted by Crippen LogP contribution is 2.37. The number of amides is 2. The average molecular weight is 429 g/mol. The van der Waals surface area contributed by atoms with Gasteiger partial charge in [0.2, 0.25) is 5.91 Å². The molecule has 1 heterocycles. The maximum atomic E-state index is 13.0. The molecule has 140 valence electrons. The minimum atomic E-state index is -0.761. The van der Waals surface area contributed by atoms with Gasteiger partial charge in [0.1, 0.15) is 6.04 Å². The lowest BCUT2D eigenvalue weighted by Crippen LogP contribution is -2.46. The van der Waals surface area contributed by atoms with E-state index in [1.165, 1.54) is 4.90 Å². The number of anilines is 2. The van der Waals surface area contributed by atoms with Crippen LogP contribution < -0.4 is 10.2 Å². The summed E-state index contributed by atoms with van der Waals surface area (Å²) in [6, 6.07) is 8.50. The van der Waals surface area contributed by atoms with Gasteiger partial charge < -0.3 is 5.32 Å². The highest BCUT2D eigenvalue weighted by atomic mass is 79.9. The van der Waals surface area contributed by atoms with Gasteiger partial charge in [-0.2, -0.15) is 0 Å². The van der Waals surface area contributed by atoms with E-state index in [-0.39, 0.29) is 5.91 Å². The molecule has 2 aromatic rings. The third-order valence-corrected chi connectivity index (χ3v) is 5.11. The zero-order valence-electron chi connectivity index (χ0n) is 15.7. The summed E-state index contributed by atoms with van der Waals surface area (Å²) in [5, 5.41) is 2.90. The third-order valence-electron chi connectivity index (χ3n) is 4.65. The van der Waals surface area contributed by atoms with Crippen molar-refractivity contribution >= 4 is 44.9 Å². The fourth-order valence-corrected chi connectivity index (χ4v) is 4.18. The van der Waals surface area contributed by atoms with Gasteiger partial charge in [-0.15, -0.1) is 0 Å². The Morgan fingerprint density at radius 1 is 1.07 bits per heavy atom. The van der Waals surface area contributed by atoms with Gasteiger partial charge >= 0.3 is 0 Å². The number of halogens is 1. The van der Waals surface area contributed by atoms with Gasteiger partial charge in [-0.25, -0.2) is 0 Å². The molecule has 27 heavy (non-hydrogen) atoms. The van der Waals surface area contributed by atoms with Gasteiger partial charge in [-0.1, -0.05) is 28.9 Å². The van der Waals surface area contributed by atoms with Gasteiger partial charge in [-0.3, -0.25) is 19.3 Å². The lowest BCUT2D eigenvalue weighted by molar-refractivity contribution is -0.121.